The predicted molar refractivity (Wildman–Crippen MR) is 293 cm³/mol. The van der Waals surface area contributed by atoms with Crippen molar-refractivity contribution in [2.24, 2.45) is 28.4 Å². The minimum absolute atomic E-state index is 0.00274. The Labute approximate surface area is 459 Å². The summed E-state index contributed by atoms with van der Waals surface area (Å²) in [5, 5.41) is 28.7. The fourth-order valence-corrected chi connectivity index (χ4v) is 8.37. The standard InChI is InChI=1S/C57H86N8O13/c1-13-39-29-38(23-26-43(39)76-12)30-41(51(70)62-36(6)57(10,11)54(74)64-42(53(72)73)31-56(7,8)9)63-45(67)19-15-14-17-34(4)48-49(78-48)40-24-21-37(22-25-40)32-77-55(75)60-28-27-59-50(69)35(5)61-52(71)47(33(2)3)65-46(68)20-16-18-44(58)66/h15,19,21-26,29,33-36,41-42,47-49H,13-14,16-18,20,27-28,30-32H2,1-12H3,(H2,58,66)(H,59,69)(H,60,75)(H,61,71)(H,62,70)(H,63,67)(H,64,74)(H,65,68)(H,72,73)/b19-15+/t34?,35-,36-,41+,42?,47?,48?,49?/m0/s1. The van der Waals surface area contributed by atoms with Gasteiger partial charge in [0, 0.05) is 38.4 Å². The largest absolute Gasteiger partial charge is 0.496 e. The van der Waals surface area contributed by atoms with Gasteiger partial charge in [-0.1, -0.05) is 90.9 Å². The molecule has 1 aliphatic heterocycles. The number of carbonyl (C=O) groups excluding carboxylic acids is 8. The van der Waals surface area contributed by atoms with Gasteiger partial charge in [0.2, 0.25) is 41.4 Å². The van der Waals surface area contributed by atoms with Crippen LogP contribution in [-0.2, 0) is 67.3 Å². The summed E-state index contributed by atoms with van der Waals surface area (Å²) in [6.07, 6.45) is 4.98. The molecule has 1 aliphatic rings. The molecule has 0 saturated carbocycles. The van der Waals surface area contributed by atoms with E-state index in [0.29, 0.717) is 18.6 Å². The maximum absolute atomic E-state index is 14.0. The molecule has 2 aromatic rings. The summed E-state index contributed by atoms with van der Waals surface area (Å²) >= 11 is 0. The number of aliphatic carboxylic acids is 1. The molecule has 5 unspecified atom stereocenters. The predicted octanol–water partition coefficient (Wildman–Crippen LogP) is 4.58. The Morgan fingerprint density at radius 2 is 1.44 bits per heavy atom. The third-order valence-corrected chi connectivity index (χ3v) is 13.6. The van der Waals surface area contributed by atoms with Gasteiger partial charge in [0.15, 0.2) is 0 Å². The molecule has 0 spiro atoms. The molecule has 1 heterocycles. The molecular formula is C57H86N8O13. The second-order valence-corrected chi connectivity index (χ2v) is 22.2. The van der Waals surface area contributed by atoms with Crippen molar-refractivity contribution in [3.63, 3.8) is 0 Å². The first-order valence-corrected chi connectivity index (χ1v) is 26.8. The number of epoxide rings is 1. The Morgan fingerprint density at radius 1 is 0.782 bits per heavy atom. The molecule has 78 heavy (non-hydrogen) atoms. The van der Waals surface area contributed by atoms with E-state index < -0.39 is 89.0 Å². The van der Waals surface area contributed by atoms with Crippen LogP contribution in [0.5, 0.6) is 5.75 Å². The summed E-state index contributed by atoms with van der Waals surface area (Å²) in [5.74, 6) is -4.03. The number of carboxylic acid groups (broad SMARTS) is 1. The molecule has 2 aromatic carbocycles. The number of carbonyl (C=O) groups is 9. The fraction of sp³-hybridized carbons (Fsp3) is 0.596. The van der Waals surface area contributed by atoms with Crippen molar-refractivity contribution < 1.29 is 62.5 Å². The maximum Gasteiger partial charge on any atom is 0.407 e. The van der Waals surface area contributed by atoms with E-state index in [2.05, 4.69) is 44.1 Å². The second-order valence-electron chi connectivity index (χ2n) is 22.2. The number of rotatable bonds is 32. The lowest BCUT2D eigenvalue weighted by Crippen LogP contribution is -2.57. The van der Waals surface area contributed by atoms with Gasteiger partial charge in [-0.25, -0.2) is 9.59 Å². The Balaban J connectivity index is 1.46. The molecule has 0 aliphatic carbocycles. The van der Waals surface area contributed by atoms with Gasteiger partial charge in [0.05, 0.1) is 18.6 Å². The summed E-state index contributed by atoms with van der Waals surface area (Å²) < 4.78 is 16.9. The molecule has 0 bridgehead atoms. The topological polar surface area (TPSA) is 315 Å². The highest BCUT2D eigenvalue weighted by molar-refractivity contribution is 5.94. The summed E-state index contributed by atoms with van der Waals surface area (Å²) in [7, 11) is 1.59. The number of methoxy groups -OCH3 is 1. The average molecular weight is 1090 g/mol. The third-order valence-electron chi connectivity index (χ3n) is 13.6. The van der Waals surface area contributed by atoms with Crippen LogP contribution < -0.4 is 47.7 Å². The molecule has 21 nitrogen and oxygen atoms in total. The number of ether oxygens (including phenoxy) is 3. The van der Waals surface area contributed by atoms with Crippen LogP contribution in [0, 0.1) is 22.7 Å². The van der Waals surface area contributed by atoms with Gasteiger partial charge >= 0.3 is 12.1 Å². The molecule has 0 radical (unpaired) electrons. The molecule has 3 rings (SSSR count). The number of alkyl carbamates (subject to hydrolysis) is 1. The number of primary amides is 1. The number of hydrogen-bond acceptors (Lipinski definition) is 12. The van der Waals surface area contributed by atoms with Crippen LogP contribution in [0.4, 0.5) is 4.79 Å². The van der Waals surface area contributed by atoms with Gasteiger partial charge in [-0.3, -0.25) is 33.6 Å². The lowest BCUT2D eigenvalue weighted by molar-refractivity contribution is -0.145. The smallest absolute Gasteiger partial charge is 0.407 e. The van der Waals surface area contributed by atoms with Crippen LogP contribution in [0.25, 0.3) is 0 Å². The van der Waals surface area contributed by atoms with E-state index in [9.17, 15) is 48.3 Å². The molecule has 0 aromatic heterocycles. The highest BCUT2D eigenvalue weighted by Gasteiger charge is 2.43. The number of amides is 8. The number of benzene rings is 2. The highest BCUT2D eigenvalue weighted by atomic mass is 16.6. The van der Waals surface area contributed by atoms with Gasteiger partial charge < -0.3 is 62.3 Å². The summed E-state index contributed by atoms with van der Waals surface area (Å²) in [4.78, 5) is 114. The van der Waals surface area contributed by atoms with E-state index in [0.717, 1.165) is 28.7 Å². The van der Waals surface area contributed by atoms with Crippen LogP contribution in [0.3, 0.4) is 0 Å². The minimum atomic E-state index is -1.22. The number of aryl methyl sites for hydroxylation is 1. The Hall–Kier alpha value is -7.03. The second kappa shape index (κ2) is 30.8. The van der Waals surface area contributed by atoms with Crippen LogP contribution in [0.1, 0.15) is 143 Å². The zero-order valence-electron chi connectivity index (χ0n) is 47.6. The Kier molecular flexibility index (Phi) is 25.8. The van der Waals surface area contributed by atoms with Gasteiger partial charge in [0.1, 0.15) is 42.6 Å². The molecule has 1 fully saturated rings. The Bertz CT molecular complexity index is 2420. The number of hydrogen-bond donors (Lipinski definition) is 9. The fourth-order valence-electron chi connectivity index (χ4n) is 8.37. The van der Waals surface area contributed by atoms with E-state index in [-0.39, 0.29) is 81.3 Å². The lowest BCUT2D eigenvalue weighted by atomic mass is 9.82. The first-order valence-electron chi connectivity index (χ1n) is 26.8. The van der Waals surface area contributed by atoms with Crippen molar-refractivity contribution in [2.45, 2.75) is 177 Å². The first kappa shape index (κ1) is 65.3. The molecule has 21 heteroatoms. The summed E-state index contributed by atoms with van der Waals surface area (Å²) in [6, 6.07) is 8.41. The van der Waals surface area contributed by atoms with Crippen molar-refractivity contribution >= 4 is 53.4 Å². The SMILES string of the molecule is CCc1cc(C[C@@H](NC(=O)/C=C/CCC(C)C2OC2c2ccc(COC(=O)NCCNC(=O)[C@H](C)NC(=O)C(NC(=O)CCCC(N)=O)C(C)C)cc2)C(=O)N[C@@H](C)C(C)(C)C(=O)NC(CC(C)(C)C)C(=O)O)ccc1OC. The normalized spacial score (nSPS) is 16.5. The molecule has 1 saturated heterocycles. The monoisotopic (exact) mass is 1090 g/mol. The molecular weight excluding hydrogens is 1000 g/mol. The number of nitrogens with two attached hydrogens (primary N) is 1. The first-order chi connectivity index (χ1) is 36.6. The number of carboxylic acids is 1. The van der Waals surface area contributed by atoms with E-state index >= 15 is 0 Å². The molecule has 432 valence electrons. The maximum atomic E-state index is 14.0. The van der Waals surface area contributed by atoms with Crippen molar-refractivity contribution in [2.75, 3.05) is 20.2 Å². The van der Waals surface area contributed by atoms with Crippen LogP contribution in [-0.4, -0.2) is 115 Å². The van der Waals surface area contributed by atoms with E-state index in [4.69, 9.17) is 19.9 Å². The number of nitrogens with one attached hydrogen (secondary N) is 7. The van der Waals surface area contributed by atoms with Crippen LogP contribution in [0.15, 0.2) is 54.6 Å². The minimum Gasteiger partial charge on any atom is -0.496 e. The highest BCUT2D eigenvalue weighted by Crippen LogP contribution is 2.44. The van der Waals surface area contributed by atoms with Gasteiger partial charge in [-0.05, 0) is 111 Å². The van der Waals surface area contributed by atoms with Crippen molar-refractivity contribution in [1.82, 2.24) is 37.2 Å². The van der Waals surface area contributed by atoms with Crippen LogP contribution >= 0.6 is 0 Å². The summed E-state index contributed by atoms with van der Waals surface area (Å²) in [5.41, 5.74) is 6.98. The quantitative estimate of drug-likeness (QED) is 0.0276. The summed E-state index contributed by atoms with van der Waals surface area (Å²) in [6.45, 7) is 19.8. The lowest BCUT2D eigenvalue weighted by Gasteiger charge is -2.34. The number of allylic oxidation sites excluding steroid dienone is 1. The molecule has 8 amide bonds. The van der Waals surface area contributed by atoms with E-state index in [1.54, 1.807) is 47.8 Å². The van der Waals surface area contributed by atoms with Gasteiger partial charge in [-0.2, -0.15) is 0 Å². The van der Waals surface area contributed by atoms with Gasteiger partial charge in [-0.15, -0.1) is 0 Å². The van der Waals surface area contributed by atoms with E-state index in [1.807, 2.05) is 70.2 Å². The van der Waals surface area contributed by atoms with Crippen LogP contribution in [0.2, 0.25) is 0 Å². The Morgan fingerprint density at radius 3 is 2.04 bits per heavy atom. The molecule has 10 N–H and O–H groups in total. The zero-order valence-corrected chi connectivity index (χ0v) is 47.6. The average Bonchev–Trinajstić information content (AvgIpc) is 4.19. The van der Waals surface area contributed by atoms with Gasteiger partial charge in [0.25, 0.3) is 0 Å². The van der Waals surface area contributed by atoms with E-state index in [1.165, 1.54) is 13.0 Å². The van der Waals surface area contributed by atoms with Crippen molar-refractivity contribution in [1.29, 1.82) is 0 Å². The third kappa shape index (κ3) is 22.1. The molecule has 8 atom stereocenters. The van der Waals surface area contributed by atoms with Crippen molar-refractivity contribution in [3.05, 3.63) is 76.9 Å². The van der Waals surface area contributed by atoms with Crippen molar-refractivity contribution in [3.8, 4) is 5.75 Å². The zero-order chi connectivity index (χ0) is 58.5.